The lowest BCUT2D eigenvalue weighted by Gasteiger charge is -2.33. The number of aryl methyl sites for hydroxylation is 1. The maximum absolute atomic E-state index is 5.40. The van der Waals surface area contributed by atoms with Gasteiger partial charge in [-0.15, -0.1) is 0 Å². The second kappa shape index (κ2) is 7.03. The van der Waals surface area contributed by atoms with Crippen molar-refractivity contribution in [1.29, 1.82) is 0 Å². The molecule has 1 aromatic carbocycles. The van der Waals surface area contributed by atoms with E-state index in [1.165, 1.54) is 31.5 Å². The normalized spacial score (nSPS) is 18.3. The van der Waals surface area contributed by atoms with Crippen molar-refractivity contribution in [3.8, 4) is 11.5 Å². The Kier molecular flexibility index (Phi) is 5.34. The van der Waals surface area contributed by atoms with E-state index in [9.17, 15) is 0 Å². The van der Waals surface area contributed by atoms with Gasteiger partial charge in [-0.3, -0.25) is 0 Å². The topological polar surface area (TPSA) is 33.7 Å². The van der Waals surface area contributed by atoms with Gasteiger partial charge < -0.3 is 19.7 Å². The van der Waals surface area contributed by atoms with Crippen molar-refractivity contribution < 1.29 is 9.47 Å². The van der Waals surface area contributed by atoms with Gasteiger partial charge in [0.05, 0.1) is 14.2 Å². The molecule has 0 bridgehead atoms. The minimum Gasteiger partial charge on any atom is -0.493 e. The molecule has 1 aromatic rings. The SMILES string of the molecule is COc1cc(C)c(NC(C)C2CCN(C)CC2)cc1OC. The average Bonchev–Trinajstić information content (AvgIpc) is 2.49. The fraction of sp³-hybridized carbons (Fsp3) is 0.647. The van der Waals surface area contributed by atoms with Crippen LogP contribution in [-0.2, 0) is 0 Å². The average molecular weight is 292 g/mol. The van der Waals surface area contributed by atoms with Gasteiger partial charge in [0.25, 0.3) is 0 Å². The molecule has 1 heterocycles. The predicted molar refractivity (Wildman–Crippen MR) is 87.6 cm³/mol. The summed E-state index contributed by atoms with van der Waals surface area (Å²) in [6.45, 7) is 6.78. The number of rotatable bonds is 5. The van der Waals surface area contributed by atoms with Gasteiger partial charge in [-0.05, 0) is 64.4 Å². The number of methoxy groups -OCH3 is 2. The highest BCUT2D eigenvalue weighted by atomic mass is 16.5. The number of piperidine rings is 1. The van der Waals surface area contributed by atoms with Gasteiger partial charge in [-0.1, -0.05) is 0 Å². The molecule has 118 valence electrons. The number of benzene rings is 1. The lowest BCUT2D eigenvalue weighted by Crippen LogP contribution is -2.37. The minimum absolute atomic E-state index is 0.468. The van der Waals surface area contributed by atoms with Crippen LogP contribution in [0.25, 0.3) is 0 Å². The maximum Gasteiger partial charge on any atom is 0.162 e. The molecular weight excluding hydrogens is 264 g/mol. The number of likely N-dealkylation sites (tertiary alicyclic amines) is 1. The third-order valence-corrected chi connectivity index (χ3v) is 4.58. The maximum atomic E-state index is 5.40. The van der Waals surface area contributed by atoms with Crippen molar-refractivity contribution in [2.24, 2.45) is 5.92 Å². The van der Waals surface area contributed by atoms with E-state index in [0.29, 0.717) is 6.04 Å². The Morgan fingerprint density at radius 1 is 1.14 bits per heavy atom. The zero-order chi connectivity index (χ0) is 15.4. The van der Waals surface area contributed by atoms with E-state index >= 15 is 0 Å². The van der Waals surface area contributed by atoms with Crippen molar-refractivity contribution in [3.63, 3.8) is 0 Å². The Hall–Kier alpha value is -1.42. The summed E-state index contributed by atoms with van der Waals surface area (Å²) in [5.74, 6) is 2.29. The van der Waals surface area contributed by atoms with Crippen LogP contribution in [0.1, 0.15) is 25.3 Å². The van der Waals surface area contributed by atoms with Crippen LogP contribution in [0.5, 0.6) is 11.5 Å². The van der Waals surface area contributed by atoms with Crippen molar-refractivity contribution in [2.75, 3.05) is 39.7 Å². The second-order valence-corrected chi connectivity index (χ2v) is 6.10. The van der Waals surface area contributed by atoms with Crippen molar-refractivity contribution in [3.05, 3.63) is 17.7 Å². The van der Waals surface area contributed by atoms with Crippen LogP contribution in [0, 0.1) is 12.8 Å². The Balaban J connectivity index is 2.08. The van der Waals surface area contributed by atoms with E-state index in [1.54, 1.807) is 14.2 Å². The van der Waals surface area contributed by atoms with E-state index in [4.69, 9.17) is 9.47 Å². The molecule has 1 saturated heterocycles. The summed E-state index contributed by atoms with van der Waals surface area (Å²) in [6, 6.07) is 4.54. The summed E-state index contributed by atoms with van der Waals surface area (Å²) >= 11 is 0. The summed E-state index contributed by atoms with van der Waals surface area (Å²) in [5.41, 5.74) is 2.33. The van der Waals surface area contributed by atoms with Crippen molar-refractivity contribution in [2.45, 2.75) is 32.7 Å². The standard InChI is InChI=1S/C17H28N2O2/c1-12-10-16(20-4)17(21-5)11-15(12)18-13(2)14-6-8-19(3)9-7-14/h10-11,13-14,18H,6-9H2,1-5H3. The molecule has 2 rings (SSSR count). The highest BCUT2D eigenvalue weighted by Crippen LogP contribution is 2.34. The molecule has 21 heavy (non-hydrogen) atoms. The zero-order valence-electron chi connectivity index (χ0n) is 13.9. The fourth-order valence-corrected chi connectivity index (χ4v) is 3.03. The molecule has 4 heteroatoms. The number of nitrogens with one attached hydrogen (secondary N) is 1. The van der Waals surface area contributed by atoms with Gasteiger partial charge in [-0.25, -0.2) is 0 Å². The predicted octanol–water partition coefficient (Wildman–Crippen LogP) is 3.15. The molecule has 1 N–H and O–H groups in total. The lowest BCUT2D eigenvalue weighted by atomic mass is 9.90. The Bertz CT molecular complexity index is 468. The molecule has 4 nitrogen and oxygen atoms in total. The summed E-state index contributed by atoms with van der Waals surface area (Å²) < 4.78 is 10.7. The first-order valence-corrected chi connectivity index (χ1v) is 7.72. The fourth-order valence-electron chi connectivity index (χ4n) is 3.03. The summed E-state index contributed by atoms with van der Waals surface area (Å²) in [4.78, 5) is 2.41. The van der Waals surface area contributed by atoms with Crippen LogP contribution in [-0.4, -0.2) is 45.3 Å². The molecular formula is C17H28N2O2. The zero-order valence-corrected chi connectivity index (χ0v) is 13.9. The van der Waals surface area contributed by atoms with Crippen LogP contribution in [0.3, 0.4) is 0 Å². The Labute approximate surface area is 128 Å². The molecule has 0 aliphatic carbocycles. The van der Waals surface area contributed by atoms with Crippen LogP contribution in [0.2, 0.25) is 0 Å². The monoisotopic (exact) mass is 292 g/mol. The number of nitrogens with zero attached hydrogens (tertiary/aromatic N) is 1. The lowest BCUT2D eigenvalue weighted by molar-refractivity contribution is 0.208. The Morgan fingerprint density at radius 3 is 2.29 bits per heavy atom. The molecule has 0 radical (unpaired) electrons. The van der Waals surface area contributed by atoms with Gasteiger partial charge in [-0.2, -0.15) is 0 Å². The van der Waals surface area contributed by atoms with E-state index < -0.39 is 0 Å². The first-order valence-electron chi connectivity index (χ1n) is 7.72. The highest BCUT2D eigenvalue weighted by Gasteiger charge is 2.22. The van der Waals surface area contributed by atoms with Crippen LogP contribution in [0.15, 0.2) is 12.1 Å². The Morgan fingerprint density at radius 2 is 1.71 bits per heavy atom. The van der Waals surface area contributed by atoms with Gasteiger partial charge in [0.15, 0.2) is 11.5 Å². The number of hydrogen-bond acceptors (Lipinski definition) is 4. The molecule has 1 aliphatic heterocycles. The summed E-state index contributed by atoms with van der Waals surface area (Å²) in [7, 11) is 5.55. The number of ether oxygens (including phenoxy) is 2. The second-order valence-electron chi connectivity index (χ2n) is 6.10. The molecule has 1 unspecified atom stereocenters. The van der Waals surface area contributed by atoms with E-state index in [-0.39, 0.29) is 0 Å². The van der Waals surface area contributed by atoms with Gasteiger partial charge in [0, 0.05) is 17.8 Å². The van der Waals surface area contributed by atoms with Crippen molar-refractivity contribution in [1.82, 2.24) is 4.90 Å². The van der Waals surface area contributed by atoms with E-state index in [1.807, 2.05) is 12.1 Å². The molecule has 1 fully saturated rings. The van der Waals surface area contributed by atoms with Gasteiger partial charge >= 0.3 is 0 Å². The molecule has 1 atom stereocenters. The third kappa shape index (κ3) is 3.82. The molecule has 0 amide bonds. The quantitative estimate of drug-likeness (QED) is 0.904. The molecule has 0 spiro atoms. The first-order chi connectivity index (χ1) is 10.0. The van der Waals surface area contributed by atoms with Crippen LogP contribution >= 0.6 is 0 Å². The van der Waals surface area contributed by atoms with Crippen LogP contribution < -0.4 is 14.8 Å². The largest absolute Gasteiger partial charge is 0.493 e. The van der Waals surface area contributed by atoms with E-state index in [0.717, 1.165) is 23.1 Å². The molecule has 1 aliphatic rings. The van der Waals surface area contributed by atoms with Gasteiger partial charge in [0.1, 0.15) is 0 Å². The first kappa shape index (κ1) is 16.0. The van der Waals surface area contributed by atoms with Crippen LogP contribution in [0.4, 0.5) is 5.69 Å². The minimum atomic E-state index is 0.468. The molecule has 0 saturated carbocycles. The third-order valence-electron chi connectivity index (χ3n) is 4.58. The summed E-state index contributed by atoms with van der Waals surface area (Å²) in [6.07, 6.45) is 2.52. The van der Waals surface area contributed by atoms with Crippen molar-refractivity contribution >= 4 is 5.69 Å². The number of hydrogen-bond donors (Lipinski definition) is 1. The smallest absolute Gasteiger partial charge is 0.162 e. The van der Waals surface area contributed by atoms with Gasteiger partial charge in [0.2, 0.25) is 0 Å². The number of anilines is 1. The van der Waals surface area contributed by atoms with E-state index in [2.05, 4.69) is 31.1 Å². The molecule has 0 aromatic heterocycles. The summed E-state index contributed by atoms with van der Waals surface area (Å²) in [5, 5.41) is 3.67. The highest BCUT2D eigenvalue weighted by molar-refractivity contribution is 5.60.